The summed E-state index contributed by atoms with van der Waals surface area (Å²) in [5, 5.41) is 0. The highest BCUT2D eigenvalue weighted by atomic mass is 32.1. The van der Waals surface area contributed by atoms with E-state index in [0.717, 1.165) is 23.1 Å². The first kappa shape index (κ1) is 27.4. The molecule has 0 amide bonds. The van der Waals surface area contributed by atoms with Gasteiger partial charge in [0.15, 0.2) is 16.3 Å². The Morgan fingerprint density at radius 2 is 1.82 bits per heavy atom. The Hall–Kier alpha value is -3.65. The minimum absolute atomic E-state index is 0.0577. The first-order chi connectivity index (χ1) is 18.3. The van der Waals surface area contributed by atoms with Crippen molar-refractivity contribution in [2.75, 3.05) is 13.2 Å². The highest BCUT2D eigenvalue weighted by Crippen LogP contribution is 2.32. The maximum Gasteiger partial charge on any atom is 0.338 e. The molecule has 0 radical (unpaired) electrons. The lowest BCUT2D eigenvalue weighted by Crippen LogP contribution is -2.39. The fourth-order valence-electron chi connectivity index (χ4n) is 4.29. The highest BCUT2D eigenvalue weighted by molar-refractivity contribution is 7.07. The molecule has 4 rings (SSSR count). The van der Waals surface area contributed by atoms with Crippen molar-refractivity contribution in [3.8, 4) is 11.5 Å². The van der Waals surface area contributed by atoms with Crippen LogP contribution in [0.5, 0.6) is 11.5 Å². The third-order valence-corrected chi connectivity index (χ3v) is 7.36. The molecule has 0 bridgehead atoms. The largest absolute Gasteiger partial charge is 0.490 e. The van der Waals surface area contributed by atoms with E-state index >= 15 is 0 Å². The molecule has 200 valence electrons. The average molecular weight is 535 g/mol. The predicted molar refractivity (Wildman–Crippen MR) is 150 cm³/mol. The molecule has 0 spiro atoms. The number of esters is 1. The number of thiazole rings is 1. The standard InChI is InChI=1S/C30H34N2O5S/c1-7-19(5)37-23-15-12-21(16-24(23)35-8-2)17-25-28(33)32-27(22-13-10-18(4)11-14-22)26(29(34)36-9-3)20(6)31-30(32)38-25/h10-17,19,27H,7-9H2,1-6H3/b25-17+/t19-,27+/m1/s1. The van der Waals surface area contributed by atoms with Crippen molar-refractivity contribution in [2.24, 2.45) is 4.99 Å². The minimum Gasteiger partial charge on any atom is -0.490 e. The lowest BCUT2D eigenvalue weighted by molar-refractivity contribution is -0.139. The molecule has 3 aromatic rings. The summed E-state index contributed by atoms with van der Waals surface area (Å²) in [6.07, 6.45) is 2.76. The molecule has 38 heavy (non-hydrogen) atoms. The Balaban J connectivity index is 1.85. The molecule has 7 nitrogen and oxygen atoms in total. The number of nitrogens with zero attached hydrogens (tertiary/aromatic N) is 2. The molecule has 0 saturated heterocycles. The molecule has 1 aliphatic rings. The number of hydrogen-bond donors (Lipinski definition) is 0. The van der Waals surface area contributed by atoms with Crippen LogP contribution < -0.4 is 24.4 Å². The van der Waals surface area contributed by atoms with Crippen molar-refractivity contribution >= 4 is 23.4 Å². The zero-order chi connectivity index (χ0) is 27.4. The van der Waals surface area contributed by atoms with E-state index < -0.39 is 12.0 Å². The van der Waals surface area contributed by atoms with Gasteiger partial charge in [-0.3, -0.25) is 9.36 Å². The lowest BCUT2D eigenvalue weighted by Gasteiger charge is -2.24. The summed E-state index contributed by atoms with van der Waals surface area (Å²) in [6.45, 7) is 12.3. The average Bonchev–Trinajstić information content (AvgIpc) is 3.19. The minimum atomic E-state index is -0.627. The number of allylic oxidation sites excluding steroid dienone is 1. The van der Waals surface area contributed by atoms with Crippen molar-refractivity contribution in [1.82, 2.24) is 4.57 Å². The van der Waals surface area contributed by atoms with Gasteiger partial charge in [-0.1, -0.05) is 54.2 Å². The third-order valence-electron chi connectivity index (χ3n) is 6.38. The molecule has 2 aromatic carbocycles. The summed E-state index contributed by atoms with van der Waals surface area (Å²) in [5.41, 5.74) is 3.43. The number of hydrogen-bond acceptors (Lipinski definition) is 7. The molecule has 1 aromatic heterocycles. The number of ether oxygens (including phenoxy) is 3. The summed E-state index contributed by atoms with van der Waals surface area (Å²) >= 11 is 1.30. The second-order valence-electron chi connectivity index (χ2n) is 9.19. The van der Waals surface area contributed by atoms with Crippen LogP contribution in [0.15, 0.2) is 63.5 Å². The number of carbonyl (C=O) groups is 1. The monoisotopic (exact) mass is 534 g/mol. The van der Waals surface area contributed by atoms with Crippen molar-refractivity contribution in [3.63, 3.8) is 0 Å². The summed E-state index contributed by atoms with van der Waals surface area (Å²) in [7, 11) is 0. The summed E-state index contributed by atoms with van der Waals surface area (Å²) < 4.78 is 19.3. The van der Waals surface area contributed by atoms with Crippen LogP contribution >= 0.6 is 11.3 Å². The smallest absolute Gasteiger partial charge is 0.338 e. The van der Waals surface area contributed by atoms with Crippen LogP contribution in [0.25, 0.3) is 6.08 Å². The van der Waals surface area contributed by atoms with Gasteiger partial charge in [-0.25, -0.2) is 9.79 Å². The van der Waals surface area contributed by atoms with Crippen LogP contribution in [0.1, 0.15) is 63.8 Å². The number of rotatable bonds is 9. The normalized spacial score (nSPS) is 16.1. The molecular formula is C30H34N2O5S. The number of benzene rings is 2. The maximum atomic E-state index is 13.8. The van der Waals surface area contributed by atoms with Crippen molar-refractivity contribution in [2.45, 2.75) is 60.1 Å². The second kappa shape index (κ2) is 11.8. The zero-order valence-corrected chi connectivity index (χ0v) is 23.6. The Kier molecular flexibility index (Phi) is 8.52. The molecular weight excluding hydrogens is 500 g/mol. The van der Waals surface area contributed by atoms with Crippen molar-refractivity contribution in [3.05, 3.63) is 90.1 Å². The van der Waals surface area contributed by atoms with E-state index in [1.165, 1.54) is 11.3 Å². The highest BCUT2D eigenvalue weighted by Gasteiger charge is 2.33. The van der Waals surface area contributed by atoms with Gasteiger partial charge in [0.05, 0.1) is 41.2 Å². The Morgan fingerprint density at radius 3 is 2.47 bits per heavy atom. The second-order valence-corrected chi connectivity index (χ2v) is 10.2. The Morgan fingerprint density at radius 1 is 1.08 bits per heavy atom. The first-order valence-corrected chi connectivity index (χ1v) is 13.8. The third kappa shape index (κ3) is 5.60. The summed E-state index contributed by atoms with van der Waals surface area (Å²) in [5.74, 6) is 0.841. The molecule has 0 aliphatic carbocycles. The molecule has 0 unspecified atom stereocenters. The van der Waals surface area contributed by atoms with E-state index in [0.29, 0.717) is 38.7 Å². The zero-order valence-electron chi connectivity index (χ0n) is 22.7. The van der Waals surface area contributed by atoms with Gasteiger partial charge in [-0.05, 0) is 70.4 Å². The molecule has 2 atom stereocenters. The quantitative estimate of drug-likeness (QED) is 0.373. The van der Waals surface area contributed by atoms with Crippen LogP contribution in [0.4, 0.5) is 0 Å². The van der Waals surface area contributed by atoms with Gasteiger partial charge in [0.1, 0.15) is 0 Å². The van der Waals surface area contributed by atoms with E-state index in [-0.39, 0.29) is 18.3 Å². The SMILES string of the molecule is CCOC(=O)C1=C(C)N=c2s/c(=C/c3ccc(O[C@H](C)CC)c(OCC)c3)c(=O)n2[C@H]1c1ccc(C)cc1. The molecule has 8 heteroatoms. The molecule has 2 heterocycles. The van der Waals surface area contributed by atoms with Gasteiger partial charge in [-0.15, -0.1) is 0 Å². The molecule has 0 fully saturated rings. The van der Waals surface area contributed by atoms with Gasteiger partial charge >= 0.3 is 5.97 Å². The first-order valence-electron chi connectivity index (χ1n) is 13.0. The Labute approximate surface area is 226 Å². The van der Waals surface area contributed by atoms with E-state index in [2.05, 4.69) is 11.9 Å². The number of fused-ring (bicyclic) bond motifs is 1. The van der Waals surface area contributed by atoms with E-state index in [4.69, 9.17) is 14.2 Å². The van der Waals surface area contributed by atoms with Crippen LogP contribution in [-0.4, -0.2) is 29.9 Å². The molecule has 0 saturated carbocycles. The van der Waals surface area contributed by atoms with Gasteiger partial charge < -0.3 is 14.2 Å². The predicted octanol–water partition coefficient (Wildman–Crippen LogP) is 4.68. The summed E-state index contributed by atoms with van der Waals surface area (Å²) in [4.78, 5) is 32.0. The lowest BCUT2D eigenvalue weighted by atomic mass is 9.95. The number of carbonyl (C=O) groups excluding carboxylic acids is 1. The number of aromatic nitrogens is 1. The van der Waals surface area contributed by atoms with Crippen LogP contribution in [0.3, 0.4) is 0 Å². The van der Waals surface area contributed by atoms with Gasteiger partial charge in [-0.2, -0.15) is 0 Å². The van der Waals surface area contributed by atoms with Gasteiger partial charge in [0, 0.05) is 0 Å². The Bertz CT molecular complexity index is 1530. The molecule has 1 aliphatic heterocycles. The van der Waals surface area contributed by atoms with Crippen molar-refractivity contribution in [1.29, 1.82) is 0 Å². The fraction of sp³-hybridized carbons (Fsp3) is 0.367. The van der Waals surface area contributed by atoms with Gasteiger partial charge in [0.2, 0.25) is 0 Å². The number of aryl methyl sites for hydroxylation is 1. The van der Waals surface area contributed by atoms with E-state index in [1.807, 2.05) is 69.3 Å². The van der Waals surface area contributed by atoms with Crippen LogP contribution in [0, 0.1) is 6.92 Å². The maximum absolute atomic E-state index is 13.8. The topological polar surface area (TPSA) is 79.1 Å². The van der Waals surface area contributed by atoms with Gasteiger partial charge in [0.25, 0.3) is 5.56 Å². The fourth-order valence-corrected chi connectivity index (χ4v) is 5.33. The van der Waals surface area contributed by atoms with Crippen LogP contribution in [0.2, 0.25) is 0 Å². The van der Waals surface area contributed by atoms with Crippen molar-refractivity contribution < 1.29 is 19.0 Å². The van der Waals surface area contributed by atoms with E-state index in [1.54, 1.807) is 18.4 Å². The summed E-state index contributed by atoms with van der Waals surface area (Å²) in [6, 6.07) is 12.9. The molecule has 0 N–H and O–H groups in total. The van der Waals surface area contributed by atoms with E-state index in [9.17, 15) is 9.59 Å². The van der Waals surface area contributed by atoms with Crippen LogP contribution in [-0.2, 0) is 9.53 Å².